The molecule has 4 unspecified atom stereocenters. The second-order valence-electron chi connectivity index (χ2n) is 14.0. The Bertz CT molecular complexity index is 714. The molecular weight excluding hydrogens is 462 g/mol. The van der Waals surface area contributed by atoms with Crippen molar-refractivity contribution in [1.29, 1.82) is 0 Å². The van der Waals surface area contributed by atoms with Crippen LogP contribution >= 0.6 is 0 Å². The Hall–Kier alpha value is -1.51. The minimum Gasteiger partial charge on any atom is -0.368 e. The first-order valence-corrected chi connectivity index (χ1v) is 16.1. The van der Waals surface area contributed by atoms with Crippen molar-refractivity contribution in [1.82, 2.24) is 10.7 Å². The topological polar surface area (TPSA) is 36.4 Å². The second kappa shape index (κ2) is 19.5. The number of hydrogen-bond acceptors (Lipinski definition) is 3. The highest BCUT2D eigenvalue weighted by molar-refractivity contribution is 5.66. The Morgan fingerprint density at radius 2 is 1.21 bits per heavy atom. The Balaban J connectivity index is 0.000000298. The van der Waals surface area contributed by atoms with Gasteiger partial charge in [0.05, 0.1) is 0 Å². The third-order valence-electron chi connectivity index (χ3n) is 7.89. The minimum atomic E-state index is 0.618. The van der Waals surface area contributed by atoms with E-state index in [4.69, 9.17) is 0 Å². The molecule has 0 amide bonds. The van der Waals surface area contributed by atoms with Crippen molar-refractivity contribution in [3.05, 3.63) is 35.8 Å². The Morgan fingerprint density at radius 1 is 0.632 bits per heavy atom. The van der Waals surface area contributed by atoms with Crippen LogP contribution < -0.4 is 10.7 Å². The van der Waals surface area contributed by atoms with Gasteiger partial charge in [-0.25, -0.2) is 0 Å². The Kier molecular flexibility index (Phi) is 17.7. The van der Waals surface area contributed by atoms with Crippen molar-refractivity contribution in [2.45, 2.75) is 133 Å². The molecule has 0 aromatic carbocycles. The van der Waals surface area contributed by atoms with Gasteiger partial charge in [0.2, 0.25) is 0 Å². The van der Waals surface area contributed by atoms with Gasteiger partial charge in [0, 0.05) is 30.5 Å². The average Bonchev–Trinajstić information content (AvgIpc) is 2.79. The molecule has 2 aliphatic carbocycles. The third kappa shape index (κ3) is 15.2. The van der Waals surface area contributed by atoms with Gasteiger partial charge in [0.15, 0.2) is 0 Å². The summed E-state index contributed by atoms with van der Waals surface area (Å²) in [4.78, 5) is 0. The van der Waals surface area contributed by atoms with Crippen molar-refractivity contribution >= 4 is 6.21 Å². The summed E-state index contributed by atoms with van der Waals surface area (Å²) in [7, 11) is 0. The van der Waals surface area contributed by atoms with E-state index in [0.29, 0.717) is 5.92 Å². The van der Waals surface area contributed by atoms with E-state index in [0.717, 1.165) is 41.4 Å². The lowest BCUT2D eigenvalue weighted by molar-refractivity contribution is 0.302. The molecule has 3 nitrogen and oxygen atoms in total. The first kappa shape index (κ1) is 34.5. The molecule has 0 aromatic rings. The molecule has 4 atom stereocenters. The molecular formula is C35H65N3. The molecule has 4 rings (SSSR count). The molecule has 2 fully saturated rings. The highest BCUT2D eigenvalue weighted by Crippen LogP contribution is 2.35. The largest absolute Gasteiger partial charge is 0.368 e. The lowest BCUT2D eigenvalue weighted by atomic mass is 9.78. The predicted octanol–water partition coefficient (Wildman–Crippen LogP) is 10.5. The lowest BCUT2D eigenvalue weighted by Gasteiger charge is -2.29. The fourth-order valence-electron chi connectivity index (χ4n) is 5.61. The van der Waals surface area contributed by atoms with Crippen LogP contribution in [0.15, 0.2) is 40.9 Å². The van der Waals surface area contributed by atoms with Crippen molar-refractivity contribution < 1.29 is 0 Å². The van der Waals surface area contributed by atoms with Gasteiger partial charge >= 0.3 is 0 Å². The van der Waals surface area contributed by atoms with Crippen LogP contribution in [0.1, 0.15) is 133 Å². The summed E-state index contributed by atoms with van der Waals surface area (Å²) in [6.07, 6.45) is 24.4. The molecule has 2 N–H and O–H groups in total. The summed E-state index contributed by atoms with van der Waals surface area (Å²) < 4.78 is 0. The molecule has 2 heterocycles. The van der Waals surface area contributed by atoms with Gasteiger partial charge in [-0.3, -0.25) is 5.43 Å². The maximum Gasteiger partial charge on any atom is 0.0318 e. The van der Waals surface area contributed by atoms with Gasteiger partial charge in [-0.05, 0) is 104 Å². The number of nitrogens with one attached hydrogen (secondary N) is 2. The number of rotatable bonds is 2. The predicted molar refractivity (Wildman–Crippen MR) is 171 cm³/mol. The van der Waals surface area contributed by atoms with Crippen LogP contribution in [0.25, 0.3) is 0 Å². The lowest BCUT2D eigenvalue weighted by Crippen LogP contribution is -2.21. The van der Waals surface area contributed by atoms with Crippen molar-refractivity contribution in [3.8, 4) is 0 Å². The molecule has 0 radical (unpaired) electrons. The number of allylic oxidation sites excluding steroid dienone is 3. The molecule has 220 valence electrons. The van der Waals surface area contributed by atoms with Crippen LogP contribution in [-0.4, -0.2) is 6.21 Å². The van der Waals surface area contributed by atoms with Gasteiger partial charge in [-0.15, -0.1) is 0 Å². The molecule has 3 heteroatoms. The summed E-state index contributed by atoms with van der Waals surface area (Å²) in [6.45, 7) is 22.5. The molecule has 4 aliphatic rings. The number of hydrazone groups is 1. The zero-order chi connectivity index (χ0) is 28.5. The van der Waals surface area contributed by atoms with Crippen LogP contribution in [0, 0.1) is 47.3 Å². The molecule has 2 saturated carbocycles. The molecule has 0 bridgehead atoms. The van der Waals surface area contributed by atoms with Crippen molar-refractivity contribution in [2.75, 3.05) is 0 Å². The van der Waals surface area contributed by atoms with Gasteiger partial charge in [-0.1, -0.05) is 88.2 Å². The highest BCUT2D eigenvalue weighted by atomic mass is 15.3. The zero-order valence-electron chi connectivity index (χ0n) is 27.0. The Labute approximate surface area is 238 Å². The molecule has 0 saturated heterocycles. The standard InChI is InChI=1S/C14H23N.C13H22N2.2C4H10/c1-11(2)12-4-3-5-13-8-9-15-10-14(13)7-6-12;1-10(2)11-4-3-5-12-8-14-15-9-13(12)7-6-11;2*1-4(2)3/h8-13,15H,3-7H2,1-2H3;8-11,13-14H,3-7H2,1-2H3;2*4H,1-3H3. The SMILES string of the molecule is CC(C)C.CC(C)C.CC(C)C1CCCC2=CNN=CC2CC1.CC(C)C1CCCC2C=CNC=C2CC1. The van der Waals surface area contributed by atoms with Crippen molar-refractivity contribution in [2.24, 2.45) is 52.4 Å². The van der Waals surface area contributed by atoms with E-state index >= 15 is 0 Å². The van der Waals surface area contributed by atoms with Gasteiger partial charge < -0.3 is 5.32 Å². The summed E-state index contributed by atoms with van der Waals surface area (Å²) >= 11 is 0. The molecule has 2 aliphatic heterocycles. The monoisotopic (exact) mass is 528 g/mol. The number of hydrogen-bond donors (Lipinski definition) is 2. The summed E-state index contributed by atoms with van der Waals surface area (Å²) in [6, 6.07) is 0. The smallest absolute Gasteiger partial charge is 0.0318 e. The number of dihydropyridines is 1. The fourth-order valence-corrected chi connectivity index (χ4v) is 5.61. The first-order chi connectivity index (χ1) is 18.0. The van der Waals surface area contributed by atoms with Crippen molar-refractivity contribution in [3.63, 3.8) is 0 Å². The second-order valence-corrected chi connectivity index (χ2v) is 14.0. The van der Waals surface area contributed by atoms with E-state index in [1.807, 2.05) is 0 Å². The van der Waals surface area contributed by atoms with E-state index < -0.39 is 0 Å². The van der Waals surface area contributed by atoms with E-state index in [1.54, 1.807) is 11.1 Å². The summed E-state index contributed by atoms with van der Waals surface area (Å²) in [5.74, 6) is 6.59. The summed E-state index contributed by atoms with van der Waals surface area (Å²) in [5, 5.41) is 7.39. The summed E-state index contributed by atoms with van der Waals surface area (Å²) in [5.41, 5.74) is 6.16. The van der Waals surface area contributed by atoms with E-state index in [2.05, 4.69) is 116 Å². The minimum absolute atomic E-state index is 0.618. The van der Waals surface area contributed by atoms with E-state index in [9.17, 15) is 0 Å². The zero-order valence-corrected chi connectivity index (χ0v) is 27.0. The van der Waals surface area contributed by atoms with Crippen LogP contribution in [-0.2, 0) is 0 Å². The quantitative estimate of drug-likeness (QED) is 0.374. The normalized spacial score (nSPS) is 26.6. The van der Waals surface area contributed by atoms with Crippen LogP contribution in [0.2, 0.25) is 0 Å². The van der Waals surface area contributed by atoms with Gasteiger partial charge in [-0.2, -0.15) is 5.10 Å². The number of nitrogens with zero attached hydrogens (tertiary/aromatic N) is 1. The highest BCUT2D eigenvalue weighted by Gasteiger charge is 2.23. The van der Waals surface area contributed by atoms with Crippen LogP contribution in [0.3, 0.4) is 0 Å². The van der Waals surface area contributed by atoms with E-state index in [1.165, 1.54) is 64.2 Å². The van der Waals surface area contributed by atoms with Crippen LogP contribution in [0.4, 0.5) is 0 Å². The fraction of sp³-hybridized carbons (Fsp3) is 0.800. The van der Waals surface area contributed by atoms with E-state index in [-0.39, 0.29) is 0 Å². The third-order valence-corrected chi connectivity index (χ3v) is 7.89. The van der Waals surface area contributed by atoms with Gasteiger partial charge in [0.25, 0.3) is 0 Å². The first-order valence-electron chi connectivity index (χ1n) is 16.1. The molecule has 38 heavy (non-hydrogen) atoms. The number of fused-ring (bicyclic) bond motifs is 2. The average molecular weight is 528 g/mol. The van der Waals surface area contributed by atoms with Crippen LogP contribution in [0.5, 0.6) is 0 Å². The molecule has 0 spiro atoms. The molecule has 0 aromatic heterocycles. The van der Waals surface area contributed by atoms with Gasteiger partial charge in [0.1, 0.15) is 0 Å². The maximum absolute atomic E-state index is 4.15. The maximum atomic E-state index is 4.15. The Morgan fingerprint density at radius 3 is 1.84 bits per heavy atom.